The Balaban J connectivity index is 1.56. The van der Waals surface area contributed by atoms with Crippen molar-refractivity contribution >= 4 is 11.8 Å². The summed E-state index contributed by atoms with van der Waals surface area (Å²) in [5, 5.41) is 0. The average molecular weight is 346 g/mol. The molecule has 136 valence electrons. The lowest BCUT2D eigenvalue weighted by molar-refractivity contribution is -0.145. The third-order valence-corrected chi connectivity index (χ3v) is 6.05. The Kier molecular flexibility index (Phi) is 4.27. The number of nitrogens with one attached hydrogen (secondary N) is 1. The molecule has 1 N–H and O–H groups in total. The van der Waals surface area contributed by atoms with E-state index in [9.17, 15) is 9.59 Å². The number of aromatic nitrogens is 2. The van der Waals surface area contributed by atoms with Crippen LogP contribution in [-0.4, -0.2) is 64.4 Å². The van der Waals surface area contributed by atoms with E-state index in [0.717, 1.165) is 43.6 Å². The van der Waals surface area contributed by atoms with Crippen LogP contribution in [0.25, 0.3) is 0 Å². The summed E-state index contributed by atoms with van der Waals surface area (Å²) < 4.78 is 5.36. The van der Waals surface area contributed by atoms with Gasteiger partial charge in [-0.1, -0.05) is 6.92 Å². The van der Waals surface area contributed by atoms with Gasteiger partial charge in [-0.05, 0) is 19.3 Å². The molecular weight excluding hydrogens is 320 g/mol. The summed E-state index contributed by atoms with van der Waals surface area (Å²) in [6.07, 6.45) is 5.41. The van der Waals surface area contributed by atoms with Gasteiger partial charge < -0.3 is 19.5 Å². The maximum Gasteiger partial charge on any atom is 0.228 e. The van der Waals surface area contributed by atoms with E-state index < -0.39 is 0 Å². The molecule has 0 radical (unpaired) electrons. The summed E-state index contributed by atoms with van der Waals surface area (Å²) in [4.78, 5) is 37.1. The number of ether oxygens (including phenoxy) is 1. The van der Waals surface area contributed by atoms with Gasteiger partial charge in [0.25, 0.3) is 0 Å². The Labute approximate surface area is 147 Å². The molecule has 2 fully saturated rings. The third kappa shape index (κ3) is 2.65. The molecular formula is C18H26N4O3. The fraction of sp³-hybridized carbons (Fsp3) is 0.722. The van der Waals surface area contributed by atoms with Crippen LogP contribution in [0.4, 0.5) is 0 Å². The lowest BCUT2D eigenvalue weighted by Gasteiger charge is -2.50. The topological polar surface area (TPSA) is 78.5 Å². The lowest BCUT2D eigenvalue weighted by Crippen LogP contribution is -2.59. The number of hydrogen-bond acceptors (Lipinski definition) is 4. The van der Waals surface area contributed by atoms with Crippen LogP contribution in [0.3, 0.4) is 0 Å². The highest BCUT2D eigenvalue weighted by molar-refractivity contribution is 5.80. The lowest BCUT2D eigenvalue weighted by atomic mass is 9.78. The first-order valence-electron chi connectivity index (χ1n) is 9.35. The molecule has 0 saturated carbocycles. The fourth-order valence-corrected chi connectivity index (χ4v) is 4.62. The van der Waals surface area contributed by atoms with Gasteiger partial charge >= 0.3 is 0 Å². The molecule has 4 heterocycles. The minimum Gasteiger partial charge on any atom is -0.381 e. The third-order valence-electron chi connectivity index (χ3n) is 6.05. The summed E-state index contributed by atoms with van der Waals surface area (Å²) in [7, 11) is 0. The van der Waals surface area contributed by atoms with Crippen molar-refractivity contribution in [2.45, 2.75) is 44.6 Å². The van der Waals surface area contributed by atoms with Crippen LogP contribution in [0, 0.1) is 5.92 Å². The molecule has 2 amide bonds. The van der Waals surface area contributed by atoms with Gasteiger partial charge in [-0.2, -0.15) is 0 Å². The predicted molar refractivity (Wildman–Crippen MR) is 90.7 cm³/mol. The summed E-state index contributed by atoms with van der Waals surface area (Å²) in [5.41, 5.74) is 1.80. The first-order valence-corrected chi connectivity index (χ1v) is 9.35. The standard InChI is InChI=1S/C18H26N4O3/c1-2-15(23)22-7-3-14-16(20-12-19-14)18(22)5-8-21(9-6-18)17(24)13-4-10-25-11-13/h12-13H,2-11H2,1H3,(H,19,20). The molecule has 7 heteroatoms. The van der Waals surface area contributed by atoms with Crippen LogP contribution < -0.4 is 0 Å². The number of rotatable bonds is 2. The number of nitrogens with zero attached hydrogens (tertiary/aromatic N) is 3. The van der Waals surface area contributed by atoms with Crippen molar-refractivity contribution in [3.8, 4) is 0 Å². The Morgan fingerprint density at radius 2 is 2.16 bits per heavy atom. The molecule has 0 bridgehead atoms. The number of likely N-dealkylation sites (tertiary alicyclic amines) is 1. The highest BCUT2D eigenvalue weighted by Gasteiger charge is 2.49. The number of fused-ring (bicyclic) bond motifs is 2. The second-order valence-corrected chi connectivity index (χ2v) is 7.30. The normalized spacial score (nSPS) is 25.2. The number of amides is 2. The van der Waals surface area contributed by atoms with Gasteiger partial charge in [0.15, 0.2) is 0 Å². The van der Waals surface area contributed by atoms with E-state index in [2.05, 4.69) is 9.97 Å². The number of hydrogen-bond donors (Lipinski definition) is 1. The highest BCUT2D eigenvalue weighted by Crippen LogP contribution is 2.42. The molecule has 25 heavy (non-hydrogen) atoms. The number of piperidine rings is 1. The van der Waals surface area contributed by atoms with Crippen molar-refractivity contribution in [2.75, 3.05) is 32.8 Å². The minimum atomic E-state index is -0.358. The molecule has 1 aromatic rings. The van der Waals surface area contributed by atoms with Gasteiger partial charge in [0.2, 0.25) is 11.8 Å². The maximum atomic E-state index is 12.7. The SMILES string of the molecule is CCC(=O)N1CCc2[nH]cnc2C12CCN(C(=O)C1CCOC1)CC2. The van der Waals surface area contributed by atoms with E-state index in [1.54, 1.807) is 6.33 Å². The molecule has 3 aliphatic rings. The monoisotopic (exact) mass is 346 g/mol. The van der Waals surface area contributed by atoms with Gasteiger partial charge in [0.05, 0.1) is 30.1 Å². The quantitative estimate of drug-likeness (QED) is 0.868. The van der Waals surface area contributed by atoms with E-state index >= 15 is 0 Å². The van der Waals surface area contributed by atoms with Crippen LogP contribution in [0.15, 0.2) is 6.33 Å². The van der Waals surface area contributed by atoms with Crippen molar-refractivity contribution in [1.82, 2.24) is 19.8 Å². The molecule has 1 spiro atoms. The van der Waals surface area contributed by atoms with Gasteiger partial charge in [0, 0.05) is 44.8 Å². The molecule has 0 aliphatic carbocycles. The number of imidazole rings is 1. The van der Waals surface area contributed by atoms with Crippen LogP contribution >= 0.6 is 0 Å². The van der Waals surface area contributed by atoms with Gasteiger partial charge in [-0.3, -0.25) is 9.59 Å². The Bertz CT molecular complexity index is 657. The second-order valence-electron chi connectivity index (χ2n) is 7.30. The number of carbonyl (C=O) groups excluding carboxylic acids is 2. The molecule has 0 aromatic carbocycles. The Morgan fingerprint density at radius 1 is 1.36 bits per heavy atom. The zero-order valence-electron chi connectivity index (χ0n) is 14.8. The molecule has 1 unspecified atom stereocenters. The largest absolute Gasteiger partial charge is 0.381 e. The first kappa shape index (κ1) is 16.6. The van der Waals surface area contributed by atoms with Gasteiger partial charge in [0.1, 0.15) is 0 Å². The van der Waals surface area contributed by atoms with Crippen LogP contribution in [0.5, 0.6) is 0 Å². The van der Waals surface area contributed by atoms with Crippen molar-refractivity contribution in [2.24, 2.45) is 5.92 Å². The number of carbonyl (C=O) groups is 2. The first-order chi connectivity index (χ1) is 12.2. The average Bonchev–Trinajstić information content (AvgIpc) is 3.33. The molecule has 2 saturated heterocycles. The van der Waals surface area contributed by atoms with Gasteiger partial charge in [-0.15, -0.1) is 0 Å². The smallest absolute Gasteiger partial charge is 0.228 e. The Morgan fingerprint density at radius 3 is 2.84 bits per heavy atom. The van der Waals surface area contributed by atoms with Crippen molar-refractivity contribution < 1.29 is 14.3 Å². The summed E-state index contributed by atoms with van der Waals surface area (Å²) in [6, 6.07) is 0. The van der Waals surface area contributed by atoms with Crippen molar-refractivity contribution in [1.29, 1.82) is 0 Å². The van der Waals surface area contributed by atoms with E-state index in [4.69, 9.17) is 4.74 Å². The molecule has 1 atom stereocenters. The second kappa shape index (κ2) is 6.44. The summed E-state index contributed by atoms with van der Waals surface area (Å²) in [6.45, 7) is 5.22. The number of H-pyrrole nitrogens is 1. The fourth-order valence-electron chi connectivity index (χ4n) is 4.62. The Hall–Kier alpha value is -1.89. The van der Waals surface area contributed by atoms with Gasteiger partial charge in [-0.25, -0.2) is 4.98 Å². The van der Waals surface area contributed by atoms with Crippen LogP contribution in [-0.2, 0) is 26.3 Å². The summed E-state index contributed by atoms with van der Waals surface area (Å²) in [5.74, 6) is 0.395. The maximum absolute atomic E-state index is 12.7. The zero-order chi connectivity index (χ0) is 17.4. The van der Waals surface area contributed by atoms with Crippen molar-refractivity contribution in [3.05, 3.63) is 17.7 Å². The summed E-state index contributed by atoms with van der Waals surface area (Å²) >= 11 is 0. The van der Waals surface area contributed by atoms with Crippen LogP contribution in [0.2, 0.25) is 0 Å². The molecule has 4 rings (SSSR count). The predicted octanol–water partition coefficient (Wildman–Crippen LogP) is 1.06. The van der Waals surface area contributed by atoms with E-state index in [1.165, 1.54) is 0 Å². The number of aromatic amines is 1. The van der Waals surface area contributed by atoms with Crippen LogP contribution in [0.1, 0.15) is 44.0 Å². The zero-order valence-corrected chi connectivity index (χ0v) is 14.8. The van der Waals surface area contributed by atoms with E-state index in [-0.39, 0.29) is 23.3 Å². The highest BCUT2D eigenvalue weighted by atomic mass is 16.5. The molecule has 7 nitrogen and oxygen atoms in total. The van der Waals surface area contributed by atoms with E-state index in [0.29, 0.717) is 32.7 Å². The van der Waals surface area contributed by atoms with E-state index in [1.807, 2.05) is 16.7 Å². The molecule has 1 aromatic heterocycles. The van der Waals surface area contributed by atoms with Crippen molar-refractivity contribution in [3.63, 3.8) is 0 Å². The molecule has 3 aliphatic heterocycles. The minimum absolute atomic E-state index is 0.00901.